The number of carbonyl (C=O) groups is 1. The molecule has 5 rings (SSSR count). The molecule has 3 aromatic heterocycles. The number of pyridine rings is 1. The fraction of sp³-hybridized carbons (Fsp3) is 0.348. The Hall–Kier alpha value is -2.88. The molecule has 1 saturated heterocycles. The molecule has 1 aliphatic heterocycles. The lowest BCUT2D eigenvalue weighted by molar-refractivity contribution is 0.0913. The lowest BCUT2D eigenvalue weighted by Crippen LogP contribution is -2.43. The summed E-state index contributed by atoms with van der Waals surface area (Å²) in [5, 5.41) is 8.61. The van der Waals surface area contributed by atoms with Crippen LogP contribution in [0.4, 0.5) is 5.82 Å². The van der Waals surface area contributed by atoms with E-state index in [1.54, 1.807) is 11.6 Å². The number of carbonyl (C=O) groups excluding carboxylic acids is 1. The van der Waals surface area contributed by atoms with Crippen molar-refractivity contribution in [2.45, 2.75) is 31.8 Å². The van der Waals surface area contributed by atoms with Crippen molar-refractivity contribution in [2.75, 3.05) is 25.5 Å². The monoisotopic (exact) mass is 481 g/mol. The Morgan fingerprint density at radius 3 is 2.88 bits per heavy atom. The van der Waals surface area contributed by atoms with Crippen molar-refractivity contribution in [3.63, 3.8) is 0 Å². The summed E-state index contributed by atoms with van der Waals surface area (Å²) in [7, 11) is 2.10. The van der Waals surface area contributed by atoms with E-state index in [4.69, 9.17) is 16.6 Å². The molecule has 4 aromatic rings. The van der Waals surface area contributed by atoms with E-state index in [0.29, 0.717) is 21.9 Å². The van der Waals surface area contributed by atoms with Crippen LogP contribution in [0.2, 0.25) is 5.02 Å². The Kier molecular flexibility index (Phi) is 6.09. The van der Waals surface area contributed by atoms with Gasteiger partial charge in [-0.15, -0.1) is 11.3 Å². The summed E-state index contributed by atoms with van der Waals surface area (Å²) in [6.45, 7) is 3.91. The molecule has 1 aliphatic rings. The van der Waals surface area contributed by atoms with Crippen LogP contribution in [0.5, 0.6) is 0 Å². The SMILES string of the molecule is CC(Nc1ncnc2scnc12)c1cc2cccc(Cl)c2c(C(=O)NC2CCN(C)CC2)n1. The zero-order chi connectivity index (χ0) is 22.9. The highest BCUT2D eigenvalue weighted by Gasteiger charge is 2.23. The molecule has 1 amide bonds. The van der Waals surface area contributed by atoms with Gasteiger partial charge >= 0.3 is 0 Å². The maximum absolute atomic E-state index is 13.3. The van der Waals surface area contributed by atoms with Crippen LogP contribution in [-0.2, 0) is 0 Å². The molecular weight excluding hydrogens is 458 g/mol. The number of likely N-dealkylation sites (tertiary alicyclic amines) is 1. The number of thiazole rings is 1. The zero-order valence-electron chi connectivity index (χ0n) is 18.4. The second-order valence-corrected chi connectivity index (χ2v) is 9.62. The second-order valence-electron chi connectivity index (χ2n) is 8.38. The van der Waals surface area contributed by atoms with Gasteiger partial charge in [-0.25, -0.2) is 19.9 Å². The molecule has 10 heteroatoms. The molecule has 1 unspecified atom stereocenters. The van der Waals surface area contributed by atoms with E-state index in [0.717, 1.165) is 47.4 Å². The van der Waals surface area contributed by atoms with Gasteiger partial charge < -0.3 is 15.5 Å². The summed E-state index contributed by atoms with van der Waals surface area (Å²) >= 11 is 7.98. The number of nitrogens with one attached hydrogen (secondary N) is 2. The highest BCUT2D eigenvalue weighted by atomic mass is 35.5. The Morgan fingerprint density at radius 1 is 1.24 bits per heavy atom. The summed E-state index contributed by atoms with van der Waals surface area (Å²) in [5.74, 6) is 0.444. The van der Waals surface area contributed by atoms with E-state index < -0.39 is 0 Å². The van der Waals surface area contributed by atoms with Crippen molar-refractivity contribution in [1.82, 2.24) is 30.2 Å². The van der Waals surface area contributed by atoms with Crippen molar-refractivity contribution in [3.05, 3.63) is 52.5 Å². The number of halogens is 1. The number of piperidine rings is 1. The topological polar surface area (TPSA) is 95.9 Å². The molecule has 0 spiro atoms. The highest BCUT2D eigenvalue weighted by Crippen LogP contribution is 2.30. The van der Waals surface area contributed by atoms with E-state index in [-0.39, 0.29) is 18.0 Å². The first-order chi connectivity index (χ1) is 16.0. The highest BCUT2D eigenvalue weighted by molar-refractivity contribution is 7.16. The quantitative estimate of drug-likeness (QED) is 0.439. The Balaban J connectivity index is 1.48. The largest absolute Gasteiger partial charge is 0.360 e. The molecular formula is C23H24ClN7OS. The summed E-state index contributed by atoms with van der Waals surface area (Å²) in [6, 6.07) is 7.50. The number of rotatable bonds is 5. The van der Waals surface area contributed by atoms with Crippen LogP contribution in [0.25, 0.3) is 21.1 Å². The maximum atomic E-state index is 13.3. The third-order valence-electron chi connectivity index (χ3n) is 6.03. The molecule has 0 aliphatic carbocycles. The van der Waals surface area contributed by atoms with E-state index >= 15 is 0 Å². The average molecular weight is 482 g/mol. The first-order valence-corrected chi connectivity index (χ1v) is 12.1. The minimum Gasteiger partial charge on any atom is -0.360 e. The number of hydrogen-bond donors (Lipinski definition) is 2. The van der Waals surface area contributed by atoms with Crippen LogP contribution >= 0.6 is 22.9 Å². The van der Waals surface area contributed by atoms with E-state index in [2.05, 4.69) is 37.5 Å². The predicted molar refractivity (Wildman–Crippen MR) is 132 cm³/mol. The van der Waals surface area contributed by atoms with Gasteiger partial charge in [0.1, 0.15) is 22.4 Å². The van der Waals surface area contributed by atoms with Crippen molar-refractivity contribution in [3.8, 4) is 0 Å². The van der Waals surface area contributed by atoms with Crippen molar-refractivity contribution in [2.24, 2.45) is 0 Å². The molecule has 2 N–H and O–H groups in total. The second kappa shape index (κ2) is 9.17. The zero-order valence-corrected chi connectivity index (χ0v) is 20.0. The molecule has 170 valence electrons. The van der Waals surface area contributed by atoms with Crippen LogP contribution in [0, 0.1) is 0 Å². The standard InChI is InChI=1S/C23H24ClN7OS/c1-13(28-21-20-23(26-11-25-21)33-12-27-20)17-10-14-4-3-5-16(24)18(14)19(30-17)22(32)29-15-6-8-31(2)9-7-15/h3-5,10-13,15H,6-9H2,1-2H3,(H,29,32)(H,25,26,28). The van der Waals surface area contributed by atoms with Crippen molar-refractivity contribution in [1.29, 1.82) is 0 Å². The van der Waals surface area contributed by atoms with Gasteiger partial charge in [-0.2, -0.15) is 0 Å². The molecule has 1 atom stereocenters. The molecule has 0 saturated carbocycles. The van der Waals surface area contributed by atoms with Crippen LogP contribution in [0.3, 0.4) is 0 Å². The molecule has 8 nitrogen and oxygen atoms in total. The van der Waals surface area contributed by atoms with Crippen molar-refractivity contribution < 1.29 is 4.79 Å². The molecule has 1 aromatic carbocycles. The fourth-order valence-electron chi connectivity index (χ4n) is 4.16. The van der Waals surface area contributed by atoms with Gasteiger partial charge in [-0.3, -0.25) is 4.79 Å². The van der Waals surface area contributed by atoms with Crippen LogP contribution in [0.1, 0.15) is 42.0 Å². The predicted octanol–water partition coefficient (Wildman–Crippen LogP) is 4.29. The average Bonchev–Trinajstić information content (AvgIpc) is 3.30. The number of benzene rings is 1. The smallest absolute Gasteiger partial charge is 0.270 e. The van der Waals surface area contributed by atoms with E-state index in [9.17, 15) is 4.79 Å². The van der Waals surface area contributed by atoms with E-state index in [1.165, 1.54) is 17.7 Å². The van der Waals surface area contributed by atoms with Crippen LogP contribution in [-0.4, -0.2) is 56.9 Å². The summed E-state index contributed by atoms with van der Waals surface area (Å²) in [5.41, 5.74) is 3.54. The minimum absolute atomic E-state index is 0.131. The number of nitrogens with zero attached hydrogens (tertiary/aromatic N) is 5. The minimum atomic E-state index is -0.219. The van der Waals surface area contributed by atoms with Gasteiger partial charge in [0, 0.05) is 11.4 Å². The van der Waals surface area contributed by atoms with Crippen LogP contribution in [0.15, 0.2) is 36.1 Å². The number of amides is 1. The van der Waals surface area contributed by atoms with Crippen LogP contribution < -0.4 is 10.6 Å². The van der Waals surface area contributed by atoms with Gasteiger partial charge in [0.25, 0.3) is 5.91 Å². The number of hydrogen-bond acceptors (Lipinski definition) is 8. The molecule has 4 heterocycles. The van der Waals surface area contributed by atoms with Gasteiger partial charge in [-0.1, -0.05) is 23.7 Å². The number of anilines is 1. The number of fused-ring (bicyclic) bond motifs is 2. The Morgan fingerprint density at radius 2 is 2.06 bits per heavy atom. The molecule has 0 bridgehead atoms. The van der Waals surface area contributed by atoms with Crippen molar-refractivity contribution >= 4 is 55.8 Å². The number of aromatic nitrogens is 4. The van der Waals surface area contributed by atoms with Gasteiger partial charge in [0.15, 0.2) is 5.82 Å². The summed E-state index contributed by atoms with van der Waals surface area (Å²) in [6.07, 6.45) is 3.36. The summed E-state index contributed by atoms with van der Waals surface area (Å²) in [4.78, 5) is 34.2. The first-order valence-electron chi connectivity index (χ1n) is 10.9. The van der Waals surface area contributed by atoms with Gasteiger partial charge in [-0.05, 0) is 57.4 Å². The summed E-state index contributed by atoms with van der Waals surface area (Å²) < 4.78 is 0. The first kappa shape index (κ1) is 21.9. The van der Waals surface area contributed by atoms with E-state index in [1.807, 2.05) is 25.1 Å². The van der Waals surface area contributed by atoms with Gasteiger partial charge in [0.2, 0.25) is 0 Å². The maximum Gasteiger partial charge on any atom is 0.270 e. The molecule has 33 heavy (non-hydrogen) atoms. The fourth-order valence-corrected chi connectivity index (χ4v) is 5.06. The lowest BCUT2D eigenvalue weighted by atomic mass is 10.0. The Bertz CT molecular complexity index is 1320. The molecule has 0 radical (unpaired) electrons. The third-order valence-corrected chi connectivity index (χ3v) is 7.08. The molecule has 1 fully saturated rings. The third kappa shape index (κ3) is 4.48. The normalized spacial score (nSPS) is 16.2. The van der Waals surface area contributed by atoms with Gasteiger partial charge in [0.05, 0.1) is 22.3 Å². The Labute approximate surface area is 200 Å². The lowest BCUT2D eigenvalue weighted by Gasteiger charge is -2.29.